The van der Waals surface area contributed by atoms with Crippen molar-refractivity contribution in [3.8, 4) is 6.07 Å². The number of benzene rings is 1. The van der Waals surface area contributed by atoms with Crippen molar-refractivity contribution in [2.24, 2.45) is 0 Å². The third kappa shape index (κ3) is 3.36. The molecule has 1 saturated carbocycles. The van der Waals surface area contributed by atoms with Crippen LogP contribution in [0.15, 0.2) is 18.2 Å². The second-order valence-electron chi connectivity index (χ2n) is 5.89. The summed E-state index contributed by atoms with van der Waals surface area (Å²) in [5.74, 6) is -0.343. The Kier molecular flexibility index (Phi) is 4.74. The highest BCUT2D eigenvalue weighted by Crippen LogP contribution is 2.33. The van der Waals surface area contributed by atoms with Crippen LogP contribution in [0.3, 0.4) is 0 Å². The molecule has 0 heterocycles. The summed E-state index contributed by atoms with van der Waals surface area (Å²) in [4.78, 5) is 2.30. The number of likely N-dealkylation sites (N-methyl/N-ethyl adjacent to an activating group) is 1. The molecule has 0 amide bonds. The van der Waals surface area contributed by atoms with Gasteiger partial charge in [0.25, 0.3) is 0 Å². The normalized spacial score (nSPS) is 17.4. The molecule has 0 aliphatic heterocycles. The van der Waals surface area contributed by atoms with Crippen LogP contribution in [-0.4, -0.2) is 31.1 Å². The molecule has 4 heteroatoms. The maximum absolute atomic E-state index is 13.4. The van der Waals surface area contributed by atoms with E-state index in [1.807, 2.05) is 6.07 Å². The summed E-state index contributed by atoms with van der Waals surface area (Å²) in [5.41, 5.74) is 1.43. The molecule has 108 valence electrons. The Morgan fingerprint density at radius 3 is 2.60 bits per heavy atom. The van der Waals surface area contributed by atoms with Crippen molar-refractivity contribution in [1.29, 1.82) is 5.26 Å². The van der Waals surface area contributed by atoms with Gasteiger partial charge in [0.2, 0.25) is 0 Å². The predicted molar refractivity (Wildman–Crippen MR) is 77.7 cm³/mol. The predicted octanol–water partition coefficient (Wildman–Crippen LogP) is 2.66. The zero-order valence-electron chi connectivity index (χ0n) is 12.2. The van der Waals surface area contributed by atoms with E-state index in [2.05, 4.69) is 24.3 Å². The number of hydrogen-bond donors (Lipinski definition) is 1. The molecule has 1 aromatic rings. The highest BCUT2D eigenvalue weighted by Gasteiger charge is 2.35. The Balaban J connectivity index is 1.96. The van der Waals surface area contributed by atoms with Gasteiger partial charge in [-0.25, -0.2) is 4.39 Å². The second kappa shape index (κ2) is 6.34. The van der Waals surface area contributed by atoms with Gasteiger partial charge in [0.1, 0.15) is 5.82 Å². The Labute approximate surface area is 120 Å². The summed E-state index contributed by atoms with van der Waals surface area (Å²) in [6, 6.07) is 6.49. The summed E-state index contributed by atoms with van der Waals surface area (Å²) in [5, 5.41) is 12.3. The number of rotatable bonds is 5. The van der Waals surface area contributed by atoms with E-state index < -0.39 is 0 Å². The lowest BCUT2D eigenvalue weighted by Gasteiger charge is -2.36. The number of nitrogens with zero attached hydrogens (tertiary/aromatic N) is 2. The molecule has 0 radical (unpaired) electrons. The minimum Gasteiger partial charge on any atom is -0.311 e. The van der Waals surface area contributed by atoms with Crippen LogP contribution < -0.4 is 5.32 Å². The number of hydrogen-bond acceptors (Lipinski definition) is 3. The van der Waals surface area contributed by atoms with E-state index in [0.717, 1.165) is 12.1 Å². The maximum Gasteiger partial charge on any atom is 0.124 e. The molecule has 0 aromatic heterocycles. The highest BCUT2D eigenvalue weighted by molar-refractivity contribution is 5.33. The minimum absolute atomic E-state index is 0.228. The molecule has 1 aromatic carbocycles. The Morgan fingerprint density at radius 2 is 2.00 bits per heavy atom. The summed E-state index contributed by atoms with van der Waals surface area (Å²) < 4.78 is 13.4. The van der Waals surface area contributed by atoms with Crippen molar-refractivity contribution < 1.29 is 4.39 Å². The first-order valence-electron chi connectivity index (χ1n) is 7.13. The molecule has 1 aliphatic carbocycles. The molecule has 2 rings (SSSR count). The van der Waals surface area contributed by atoms with Gasteiger partial charge in [-0.2, -0.15) is 5.26 Å². The molecule has 0 bridgehead atoms. The van der Waals surface area contributed by atoms with E-state index in [1.165, 1.54) is 37.8 Å². The van der Waals surface area contributed by atoms with Crippen LogP contribution in [0.1, 0.15) is 36.8 Å². The zero-order chi connectivity index (χ0) is 14.6. The van der Waals surface area contributed by atoms with E-state index in [4.69, 9.17) is 5.26 Å². The van der Waals surface area contributed by atoms with Crippen molar-refractivity contribution in [2.45, 2.75) is 37.8 Å². The fourth-order valence-electron chi connectivity index (χ4n) is 3.07. The molecular formula is C16H22FN3. The Bertz CT molecular complexity index is 499. The van der Waals surface area contributed by atoms with Crippen LogP contribution >= 0.6 is 0 Å². The van der Waals surface area contributed by atoms with Gasteiger partial charge in [-0.15, -0.1) is 0 Å². The summed E-state index contributed by atoms with van der Waals surface area (Å²) in [6.45, 7) is 1.50. The van der Waals surface area contributed by atoms with E-state index in [-0.39, 0.29) is 11.4 Å². The lowest BCUT2D eigenvalue weighted by molar-refractivity contribution is 0.153. The number of halogens is 1. The lowest BCUT2D eigenvalue weighted by Crippen LogP contribution is -2.49. The molecule has 0 atom stereocenters. The monoisotopic (exact) mass is 275 g/mol. The first kappa shape index (κ1) is 15.0. The molecule has 1 aliphatic rings. The summed E-state index contributed by atoms with van der Waals surface area (Å²) in [6.07, 6.45) is 4.97. The van der Waals surface area contributed by atoms with Crippen LogP contribution in [-0.2, 0) is 6.54 Å². The van der Waals surface area contributed by atoms with E-state index in [9.17, 15) is 4.39 Å². The summed E-state index contributed by atoms with van der Waals surface area (Å²) in [7, 11) is 4.26. The molecule has 1 fully saturated rings. The molecule has 0 unspecified atom stereocenters. The number of nitrogens with one attached hydrogen (secondary N) is 1. The first-order chi connectivity index (χ1) is 9.55. The largest absolute Gasteiger partial charge is 0.311 e. The molecular weight excluding hydrogens is 253 g/mol. The van der Waals surface area contributed by atoms with Crippen LogP contribution in [0.4, 0.5) is 4.39 Å². The molecule has 0 saturated heterocycles. The minimum atomic E-state index is -0.343. The second-order valence-corrected chi connectivity index (χ2v) is 5.89. The van der Waals surface area contributed by atoms with E-state index >= 15 is 0 Å². The van der Waals surface area contributed by atoms with Crippen molar-refractivity contribution in [3.05, 3.63) is 35.1 Å². The average molecular weight is 275 g/mol. The van der Waals surface area contributed by atoms with Gasteiger partial charge in [-0.05, 0) is 50.7 Å². The van der Waals surface area contributed by atoms with Gasteiger partial charge in [0.15, 0.2) is 0 Å². The lowest BCUT2D eigenvalue weighted by atomic mass is 9.96. The zero-order valence-corrected chi connectivity index (χ0v) is 12.2. The van der Waals surface area contributed by atoms with Crippen LogP contribution in [0.25, 0.3) is 0 Å². The van der Waals surface area contributed by atoms with Gasteiger partial charge in [-0.3, -0.25) is 0 Å². The van der Waals surface area contributed by atoms with Gasteiger partial charge in [0, 0.05) is 18.6 Å². The van der Waals surface area contributed by atoms with Crippen LogP contribution in [0, 0.1) is 17.1 Å². The fraction of sp³-hybridized carbons (Fsp3) is 0.562. The maximum atomic E-state index is 13.4. The van der Waals surface area contributed by atoms with Crippen LogP contribution in [0.2, 0.25) is 0 Å². The van der Waals surface area contributed by atoms with Crippen molar-refractivity contribution in [2.75, 3.05) is 20.6 Å². The summed E-state index contributed by atoms with van der Waals surface area (Å²) >= 11 is 0. The van der Waals surface area contributed by atoms with E-state index in [0.29, 0.717) is 12.1 Å². The number of nitriles is 1. The van der Waals surface area contributed by atoms with Crippen LogP contribution in [0.5, 0.6) is 0 Å². The molecule has 3 nitrogen and oxygen atoms in total. The SMILES string of the molecule is CN(C)C1(CNCc2cc(F)cc(C#N)c2)CCCC1. The van der Waals surface area contributed by atoms with Crippen molar-refractivity contribution >= 4 is 0 Å². The van der Waals surface area contributed by atoms with Gasteiger partial charge >= 0.3 is 0 Å². The first-order valence-corrected chi connectivity index (χ1v) is 7.13. The quantitative estimate of drug-likeness (QED) is 0.898. The standard InChI is InChI=1S/C16H22FN3/c1-20(2)16(5-3-4-6-16)12-19-11-14-7-13(10-18)8-15(17)9-14/h7-9,19H,3-6,11-12H2,1-2H3. The smallest absolute Gasteiger partial charge is 0.124 e. The van der Waals surface area contributed by atoms with Gasteiger partial charge in [-0.1, -0.05) is 12.8 Å². The topological polar surface area (TPSA) is 39.1 Å². The average Bonchev–Trinajstić information content (AvgIpc) is 2.88. The third-order valence-electron chi connectivity index (χ3n) is 4.35. The molecule has 0 spiro atoms. The highest BCUT2D eigenvalue weighted by atomic mass is 19.1. The third-order valence-corrected chi connectivity index (χ3v) is 4.35. The Hall–Kier alpha value is -1.44. The molecule has 20 heavy (non-hydrogen) atoms. The van der Waals surface area contributed by atoms with Crippen molar-refractivity contribution in [3.63, 3.8) is 0 Å². The van der Waals surface area contributed by atoms with E-state index in [1.54, 1.807) is 6.07 Å². The van der Waals surface area contributed by atoms with Crippen molar-refractivity contribution in [1.82, 2.24) is 10.2 Å². The Morgan fingerprint density at radius 1 is 1.30 bits per heavy atom. The molecule has 1 N–H and O–H groups in total. The van der Waals surface area contributed by atoms with Gasteiger partial charge in [0.05, 0.1) is 11.6 Å². The van der Waals surface area contributed by atoms with Gasteiger partial charge < -0.3 is 10.2 Å². The fourth-order valence-corrected chi connectivity index (χ4v) is 3.07.